The van der Waals surface area contributed by atoms with Gasteiger partial charge in [0.15, 0.2) is 6.29 Å². The molecule has 24 nitrogen and oxygen atoms in total. The van der Waals surface area contributed by atoms with Gasteiger partial charge in [0.2, 0.25) is 23.7 Å². The van der Waals surface area contributed by atoms with E-state index in [0.29, 0.717) is 88.5 Å². The van der Waals surface area contributed by atoms with Crippen LogP contribution in [0.3, 0.4) is 0 Å². The van der Waals surface area contributed by atoms with Gasteiger partial charge in [-0.3, -0.25) is 43.2 Å². The first kappa shape index (κ1) is 54.0. The number of nitrogens with one attached hydrogen (secondary N) is 2. The molecule has 0 saturated heterocycles. The van der Waals surface area contributed by atoms with Crippen molar-refractivity contribution in [3.63, 3.8) is 0 Å². The van der Waals surface area contributed by atoms with Gasteiger partial charge in [-0.2, -0.15) is 20.4 Å². The molecule has 24 heteroatoms. The number of hydrogen-bond donors (Lipinski definition) is 6. The third kappa shape index (κ3) is 14.0. The van der Waals surface area contributed by atoms with E-state index in [1.165, 1.54) is 0 Å². The Morgan fingerprint density at radius 3 is 1.84 bits per heavy atom. The Hall–Kier alpha value is -9.32. The van der Waals surface area contributed by atoms with Gasteiger partial charge in [-0.25, -0.2) is 9.97 Å². The Bertz CT molecular complexity index is 3310. The van der Waals surface area contributed by atoms with Crippen molar-refractivity contribution in [3.05, 3.63) is 138 Å². The minimum atomic E-state index is -0.656. The van der Waals surface area contributed by atoms with Gasteiger partial charge in [0.05, 0.1) is 71.4 Å². The van der Waals surface area contributed by atoms with Crippen molar-refractivity contribution in [2.45, 2.75) is 67.0 Å². The monoisotopic (exact) mass is 1010 g/mol. The lowest BCUT2D eigenvalue weighted by Gasteiger charge is -2.12. The average molecular weight is 1010 g/mol. The molecule has 0 unspecified atom stereocenters. The van der Waals surface area contributed by atoms with E-state index in [0.717, 1.165) is 30.6 Å². The van der Waals surface area contributed by atoms with Gasteiger partial charge >= 0.3 is 0 Å². The maximum absolute atomic E-state index is 13.6. The molecule has 2 aromatic carbocycles. The smallest absolute Gasteiger partial charge is 0.276 e. The van der Waals surface area contributed by atoms with Crippen LogP contribution in [0, 0.1) is 13.8 Å². The van der Waals surface area contributed by atoms with Crippen LogP contribution in [0.15, 0.2) is 104 Å². The van der Waals surface area contributed by atoms with E-state index in [9.17, 15) is 19.2 Å². The predicted molar refractivity (Wildman–Crippen MR) is 283 cm³/mol. The van der Waals surface area contributed by atoms with E-state index in [-0.39, 0.29) is 24.7 Å². The third-order valence-electron chi connectivity index (χ3n) is 10.9. The number of imidazole rings is 2. The lowest BCUT2D eigenvalue weighted by Crippen LogP contribution is -2.20. The Morgan fingerprint density at radius 1 is 0.689 bits per heavy atom. The van der Waals surface area contributed by atoms with Crippen molar-refractivity contribution in [1.29, 1.82) is 0 Å². The topological polar surface area (TPSA) is 322 Å². The number of aryl methyl sites for hydroxylation is 4. The molecule has 0 aliphatic carbocycles. The number of nitrogens with two attached hydrogens (primary N) is 4. The van der Waals surface area contributed by atoms with Gasteiger partial charge in [-0.1, -0.05) is 30.4 Å². The number of primary amides is 2. The fourth-order valence-corrected chi connectivity index (χ4v) is 7.52. The molecule has 8 aromatic rings. The van der Waals surface area contributed by atoms with E-state index < -0.39 is 17.7 Å². The standard InChI is InChI=1S/C35H39N13O4.C8H13N3O.C7H10N2O/c1-4-48-28(15-21(2)44-48)33(51)43-35-42-26-17-23(32(38)50)18-29(52-14-8-7-11-45-20-24(36)19-40-45)30(26)47(35)13-6-5-12-46-27-10-9-22(31(37)49)16-25(27)41-34(46)39-3;1-12-5-3-2-4-11-7-8(9)6-10-11;1-3-9-7(5-10)4-6(2)8-9/h5-10,15-20H,4,11-14,36H2,1-3H3,(H2,37,49)(H2,38,50)(H,39,41)(H,42,43,51);2-3,6-7H,4-5,9H2,1H3;4-5H,3H2,1-2H3/b6-5+,8-7+;3-2+;. The van der Waals surface area contributed by atoms with Crippen LogP contribution in [0.25, 0.3) is 22.1 Å². The summed E-state index contributed by atoms with van der Waals surface area (Å²) in [7, 11) is 3.43. The average Bonchev–Trinajstić information content (AvgIpc) is 4.26. The second-order valence-corrected chi connectivity index (χ2v) is 16.4. The van der Waals surface area contributed by atoms with Crippen molar-refractivity contribution >= 4 is 69.3 Å². The minimum absolute atomic E-state index is 0.156. The highest BCUT2D eigenvalue weighted by Crippen LogP contribution is 2.32. The van der Waals surface area contributed by atoms with E-state index >= 15 is 0 Å². The molecular formula is C50H62N18O6. The zero-order valence-electron chi connectivity index (χ0n) is 42.2. The molecule has 10 N–H and O–H groups in total. The molecule has 0 spiro atoms. The van der Waals surface area contributed by atoms with E-state index in [1.807, 2.05) is 68.7 Å². The number of anilines is 4. The number of aromatic nitrogens is 12. The highest BCUT2D eigenvalue weighted by Gasteiger charge is 2.22. The minimum Gasteiger partial charge on any atom is -0.487 e. The van der Waals surface area contributed by atoms with Crippen LogP contribution in [-0.2, 0) is 44.0 Å². The first-order chi connectivity index (χ1) is 35.7. The number of nitrogens with zero attached hydrogens (tertiary/aromatic N) is 12. The number of rotatable bonds is 21. The highest BCUT2D eigenvalue weighted by atomic mass is 16.5. The normalized spacial score (nSPS) is 11.3. The highest BCUT2D eigenvalue weighted by molar-refractivity contribution is 6.04. The van der Waals surface area contributed by atoms with E-state index in [1.54, 1.807) is 105 Å². The molecule has 74 heavy (non-hydrogen) atoms. The van der Waals surface area contributed by atoms with Crippen LogP contribution in [0.1, 0.15) is 66.9 Å². The van der Waals surface area contributed by atoms with Crippen LogP contribution in [0.4, 0.5) is 23.3 Å². The number of hydrogen-bond acceptors (Lipinski definition) is 15. The summed E-state index contributed by atoms with van der Waals surface area (Å²) in [5.74, 6) is -0.414. The number of nitrogen functional groups attached to an aromatic ring is 2. The van der Waals surface area contributed by atoms with Gasteiger partial charge < -0.3 is 46.9 Å². The molecule has 0 atom stereocenters. The Labute approximate surface area is 426 Å². The third-order valence-corrected chi connectivity index (χ3v) is 10.9. The van der Waals surface area contributed by atoms with Gasteiger partial charge in [0.1, 0.15) is 29.3 Å². The summed E-state index contributed by atoms with van der Waals surface area (Å²) in [6, 6.07) is 11.7. The molecule has 6 heterocycles. The number of allylic oxidation sites excluding steroid dienone is 4. The molecule has 8 rings (SSSR count). The molecular weight excluding hydrogens is 949 g/mol. The molecule has 3 amide bonds. The number of carbonyl (C=O) groups is 4. The van der Waals surface area contributed by atoms with Crippen molar-refractivity contribution in [2.24, 2.45) is 11.5 Å². The Morgan fingerprint density at radius 2 is 1.27 bits per heavy atom. The number of amides is 3. The number of carbonyl (C=O) groups excluding carboxylic acids is 4. The number of fused-ring (bicyclic) bond motifs is 2. The van der Waals surface area contributed by atoms with Crippen LogP contribution < -0.4 is 38.3 Å². The van der Waals surface area contributed by atoms with Crippen LogP contribution in [0.2, 0.25) is 0 Å². The fourth-order valence-electron chi connectivity index (χ4n) is 7.52. The number of aldehydes is 1. The lowest BCUT2D eigenvalue weighted by molar-refractivity contribution is 0.0992. The molecule has 0 fully saturated rings. The SMILES string of the molecule is CCn1nc(C)cc1C(=O)Nc1nc2cc(C(N)=O)cc(OC/C=C/Cn3cc(N)cn3)c2n1C/C=C/Cn1c(NC)nc2cc(C(N)=O)ccc21.CCn1nc(C)cc1C=O.COC/C=C/Cn1cc(N)cn1. The molecule has 0 aliphatic heterocycles. The first-order valence-corrected chi connectivity index (χ1v) is 23.5. The molecule has 6 aromatic heterocycles. The summed E-state index contributed by atoms with van der Waals surface area (Å²) in [4.78, 5) is 57.3. The van der Waals surface area contributed by atoms with Crippen LogP contribution >= 0.6 is 0 Å². The predicted octanol–water partition coefficient (Wildman–Crippen LogP) is 4.76. The largest absolute Gasteiger partial charge is 0.487 e. The lowest BCUT2D eigenvalue weighted by atomic mass is 10.1. The van der Waals surface area contributed by atoms with Crippen molar-refractivity contribution < 1.29 is 28.7 Å². The number of ether oxygens (including phenoxy) is 2. The maximum atomic E-state index is 13.6. The fraction of sp³-hybridized carbons (Fsp3) is 0.280. The Kier molecular flexibility index (Phi) is 18.8. The second kappa shape index (κ2) is 25.7. The first-order valence-electron chi connectivity index (χ1n) is 23.5. The van der Waals surface area contributed by atoms with Crippen molar-refractivity contribution in [2.75, 3.05) is 49.5 Å². The summed E-state index contributed by atoms with van der Waals surface area (Å²) >= 11 is 0. The Balaban J connectivity index is 0.000000332. The van der Waals surface area contributed by atoms with Gasteiger partial charge in [0.25, 0.3) is 5.91 Å². The number of methoxy groups -OCH3 is 1. The van der Waals surface area contributed by atoms with Crippen LogP contribution in [-0.4, -0.2) is 110 Å². The number of benzene rings is 2. The van der Waals surface area contributed by atoms with Crippen LogP contribution in [0.5, 0.6) is 5.75 Å². The summed E-state index contributed by atoms with van der Waals surface area (Å²) < 4.78 is 21.5. The van der Waals surface area contributed by atoms with E-state index in [4.69, 9.17) is 37.4 Å². The van der Waals surface area contributed by atoms with E-state index in [2.05, 4.69) is 36.0 Å². The molecule has 0 aliphatic rings. The maximum Gasteiger partial charge on any atom is 0.276 e. The summed E-state index contributed by atoms with van der Waals surface area (Å²) in [6.07, 6.45) is 19.0. The summed E-state index contributed by atoms with van der Waals surface area (Å²) in [6.45, 7) is 11.5. The quantitative estimate of drug-likeness (QED) is 0.0417. The molecule has 0 saturated carbocycles. The molecule has 0 radical (unpaired) electrons. The van der Waals surface area contributed by atoms with Crippen molar-refractivity contribution in [3.8, 4) is 5.75 Å². The summed E-state index contributed by atoms with van der Waals surface area (Å²) in [5, 5.41) is 22.7. The zero-order valence-corrected chi connectivity index (χ0v) is 42.2. The molecule has 0 bridgehead atoms. The summed E-state index contributed by atoms with van der Waals surface area (Å²) in [5.41, 5.74) is 29.2. The van der Waals surface area contributed by atoms with Gasteiger partial charge in [0, 0.05) is 63.9 Å². The second-order valence-electron chi connectivity index (χ2n) is 16.4. The molecule has 388 valence electrons. The zero-order chi connectivity index (χ0) is 53.3. The van der Waals surface area contributed by atoms with Gasteiger partial charge in [-0.05, 0) is 76.2 Å². The van der Waals surface area contributed by atoms with Crippen molar-refractivity contribution in [1.82, 2.24) is 58.2 Å². The van der Waals surface area contributed by atoms with Gasteiger partial charge in [-0.15, -0.1) is 0 Å².